The monoisotopic (exact) mass is 293 g/mol. The lowest BCUT2D eigenvalue weighted by Crippen LogP contribution is -2.10. The van der Waals surface area contributed by atoms with Gasteiger partial charge >= 0.3 is 0 Å². The predicted molar refractivity (Wildman–Crippen MR) is 92.9 cm³/mol. The van der Waals surface area contributed by atoms with Crippen molar-refractivity contribution < 1.29 is 0 Å². The smallest absolute Gasteiger partial charge is 0.132 e. The number of hydrogen-bond acceptors (Lipinski definition) is 5. The highest BCUT2D eigenvalue weighted by atomic mass is 15.1. The zero-order chi connectivity index (χ0) is 15.9. The fraction of sp³-hybridized carbons (Fsp3) is 0.176. The lowest BCUT2D eigenvalue weighted by Gasteiger charge is -2.12. The highest BCUT2D eigenvalue weighted by molar-refractivity contribution is 6.01. The summed E-state index contributed by atoms with van der Waals surface area (Å²) in [4.78, 5) is 10.9. The summed E-state index contributed by atoms with van der Waals surface area (Å²) in [6.07, 6.45) is 1.80. The Bertz CT molecular complexity index is 838. The van der Waals surface area contributed by atoms with E-state index >= 15 is 0 Å². The molecule has 0 spiro atoms. The van der Waals surface area contributed by atoms with E-state index in [0.717, 1.165) is 39.1 Å². The first kappa shape index (κ1) is 14.1. The number of fused-ring (bicyclic) bond motifs is 1. The number of nitrogen functional groups attached to an aromatic ring is 2. The van der Waals surface area contributed by atoms with Crippen molar-refractivity contribution in [3.8, 4) is 11.3 Å². The number of benzene rings is 1. The SMILES string of the molecule is Cc1ccc2c(N)nc(-c3ccc(N(C)C)nc3)cc2c1N. The summed E-state index contributed by atoms with van der Waals surface area (Å²) in [6.45, 7) is 1.98. The van der Waals surface area contributed by atoms with E-state index in [1.54, 1.807) is 6.20 Å². The zero-order valence-corrected chi connectivity index (χ0v) is 13.0. The molecule has 2 aromatic heterocycles. The van der Waals surface area contributed by atoms with E-state index < -0.39 is 0 Å². The van der Waals surface area contributed by atoms with Crippen LogP contribution in [-0.4, -0.2) is 24.1 Å². The van der Waals surface area contributed by atoms with Crippen LogP contribution in [-0.2, 0) is 0 Å². The second-order valence-corrected chi connectivity index (χ2v) is 5.58. The van der Waals surface area contributed by atoms with Crippen LogP contribution in [0.2, 0.25) is 0 Å². The van der Waals surface area contributed by atoms with E-state index in [4.69, 9.17) is 11.5 Å². The molecule has 1 aromatic carbocycles. The van der Waals surface area contributed by atoms with Gasteiger partial charge in [0.15, 0.2) is 0 Å². The van der Waals surface area contributed by atoms with Crippen LogP contribution in [0.4, 0.5) is 17.3 Å². The lowest BCUT2D eigenvalue weighted by atomic mass is 10.0. The second kappa shape index (κ2) is 5.18. The fourth-order valence-electron chi connectivity index (χ4n) is 2.43. The molecule has 112 valence electrons. The third-order valence-electron chi connectivity index (χ3n) is 3.80. The molecular weight excluding hydrogens is 274 g/mol. The van der Waals surface area contributed by atoms with E-state index in [2.05, 4.69) is 9.97 Å². The van der Waals surface area contributed by atoms with Crippen molar-refractivity contribution in [3.05, 3.63) is 42.1 Å². The summed E-state index contributed by atoms with van der Waals surface area (Å²) in [7, 11) is 3.91. The third kappa shape index (κ3) is 2.30. The van der Waals surface area contributed by atoms with E-state index in [1.165, 1.54) is 0 Å². The van der Waals surface area contributed by atoms with E-state index in [1.807, 2.05) is 56.3 Å². The van der Waals surface area contributed by atoms with Gasteiger partial charge in [-0.2, -0.15) is 0 Å². The van der Waals surface area contributed by atoms with Crippen molar-refractivity contribution in [2.45, 2.75) is 6.92 Å². The van der Waals surface area contributed by atoms with Crippen LogP contribution in [0.15, 0.2) is 36.5 Å². The Labute approximate surface area is 129 Å². The standard InChI is InChI=1S/C17H19N5/c1-10-4-6-12-13(16(10)18)8-14(21-17(12)19)11-5-7-15(20-9-11)22(2)3/h4-9H,18H2,1-3H3,(H2,19,21). The quantitative estimate of drug-likeness (QED) is 0.710. The van der Waals surface area contributed by atoms with Crippen LogP contribution in [0, 0.1) is 6.92 Å². The second-order valence-electron chi connectivity index (χ2n) is 5.58. The fourth-order valence-corrected chi connectivity index (χ4v) is 2.43. The van der Waals surface area contributed by atoms with Gasteiger partial charge in [-0.3, -0.25) is 0 Å². The number of anilines is 3. The highest BCUT2D eigenvalue weighted by Crippen LogP contribution is 2.31. The summed E-state index contributed by atoms with van der Waals surface area (Å²) in [5.41, 5.74) is 15.8. The number of nitrogens with two attached hydrogens (primary N) is 2. The highest BCUT2D eigenvalue weighted by Gasteiger charge is 2.10. The number of aryl methyl sites for hydroxylation is 1. The Kier molecular flexibility index (Phi) is 3.33. The number of pyridine rings is 2. The van der Waals surface area contributed by atoms with Gasteiger partial charge in [0.2, 0.25) is 0 Å². The minimum absolute atomic E-state index is 0.482. The Morgan fingerprint density at radius 1 is 1.00 bits per heavy atom. The molecule has 0 unspecified atom stereocenters. The van der Waals surface area contributed by atoms with Gasteiger partial charge in [0.1, 0.15) is 11.6 Å². The minimum Gasteiger partial charge on any atom is -0.398 e. The molecule has 3 aromatic rings. The van der Waals surface area contributed by atoms with Crippen LogP contribution in [0.5, 0.6) is 0 Å². The largest absolute Gasteiger partial charge is 0.398 e. The minimum atomic E-state index is 0.482. The molecule has 0 aliphatic heterocycles. The zero-order valence-electron chi connectivity index (χ0n) is 13.0. The molecule has 0 bridgehead atoms. The summed E-state index contributed by atoms with van der Waals surface area (Å²) in [6, 6.07) is 9.84. The molecule has 0 aliphatic carbocycles. The average Bonchev–Trinajstić information content (AvgIpc) is 2.51. The van der Waals surface area contributed by atoms with Gasteiger partial charge in [-0.1, -0.05) is 12.1 Å². The van der Waals surface area contributed by atoms with Gasteiger partial charge in [0.05, 0.1) is 5.69 Å². The predicted octanol–water partition coefficient (Wildman–Crippen LogP) is 2.84. The van der Waals surface area contributed by atoms with Gasteiger partial charge < -0.3 is 16.4 Å². The number of rotatable bonds is 2. The maximum Gasteiger partial charge on any atom is 0.132 e. The lowest BCUT2D eigenvalue weighted by molar-refractivity contribution is 1.07. The van der Waals surface area contributed by atoms with Crippen molar-refractivity contribution in [2.75, 3.05) is 30.5 Å². The van der Waals surface area contributed by atoms with E-state index in [9.17, 15) is 0 Å². The molecule has 2 heterocycles. The first-order valence-electron chi connectivity index (χ1n) is 7.06. The molecule has 0 atom stereocenters. The van der Waals surface area contributed by atoms with Crippen molar-refractivity contribution in [1.82, 2.24) is 9.97 Å². The van der Waals surface area contributed by atoms with Crippen molar-refractivity contribution in [1.29, 1.82) is 0 Å². The van der Waals surface area contributed by atoms with Gasteiger partial charge in [-0.15, -0.1) is 0 Å². The van der Waals surface area contributed by atoms with Crippen LogP contribution in [0.3, 0.4) is 0 Å². The molecule has 0 amide bonds. The molecule has 0 radical (unpaired) electrons. The topological polar surface area (TPSA) is 81.1 Å². The number of hydrogen-bond donors (Lipinski definition) is 2. The molecule has 0 fully saturated rings. The summed E-state index contributed by atoms with van der Waals surface area (Å²) < 4.78 is 0. The Morgan fingerprint density at radius 3 is 2.41 bits per heavy atom. The van der Waals surface area contributed by atoms with Crippen molar-refractivity contribution >= 4 is 28.1 Å². The molecule has 4 N–H and O–H groups in total. The Hall–Kier alpha value is -2.82. The Balaban J connectivity index is 2.17. The molecule has 5 heteroatoms. The first-order valence-corrected chi connectivity index (χ1v) is 7.06. The summed E-state index contributed by atoms with van der Waals surface area (Å²) in [5.74, 6) is 1.38. The Morgan fingerprint density at radius 2 is 1.77 bits per heavy atom. The van der Waals surface area contributed by atoms with Crippen LogP contribution in [0.25, 0.3) is 22.0 Å². The van der Waals surface area contributed by atoms with E-state index in [-0.39, 0.29) is 0 Å². The number of nitrogens with zero attached hydrogens (tertiary/aromatic N) is 3. The van der Waals surface area contributed by atoms with Crippen molar-refractivity contribution in [3.63, 3.8) is 0 Å². The molecule has 0 aliphatic rings. The van der Waals surface area contributed by atoms with Gasteiger partial charge in [-0.25, -0.2) is 9.97 Å². The molecule has 0 saturated heterocycles. The molecule has 22 heavy (non-hydrogen) atoms. The summed E-state index contributed by atoms with van der Waals surface area (Å²) >= 11 is 0. The molecule has 0 saturated carbocycles. The summed E-state index contributed by atoms with van der Waals surface area (Å²) in [5, 5.41) is 1.81. The van der Waals surface area contributed by atoms with Gasteiger partial charge in [0.25, 0.3) is 0 Å². The molecular formula is C17H19N5. The third-order valence-corrected chi connectivity index (χ3v) is 3.80. The first-order chi connectivity index (χ1) is 10.5. The maximum atomic E-state index is 6.19. The number of aromatic nitrogens is 2. The van der Waals surface area contributed by atoms with Crippen molar-refractivity contribution in [2.24, 2.45) is 0 Å². The van der Waals surface area contributed by atoms with Crippen LogP contribution in [0.1, 0.15) is 5.56 Å². The molecule has 3 rings (SSSR count). The van der Waals surface area contributed by atoms with Gasteiger partial charge in [0, 0.05) is 42.3 Å². The maximum absolute atomic E-state index is 6.19. The normalized spacial score (nSPS) is 10.9. The molecule has 5 nitrogen and oxygen atoms in total. The van der Waals surface area contributed by atoms with E-state index in [0.29, 0.717) is 5.82 Å². The van der Waals surface area contributed by atoms with Crippen LogP contribution < -0.4 is 16.4 Å². The average molecular weight is 293 g/mol. The van der Waals surface area contributed by atoms with Crippen LogP contribution >= 0.6 is 0 Å². The van der Waals surface area contributed by atoms with Gasteiger partial charge in [-0.05, 0) is 30.7 Å².